The summed E-state index contributed by atoms with van der Waals surface area (Å²) in [6, 6.07) is 7.26. The Kier molecular flexibility index (Phi) is 6.93. The van der Waals surface area contributed by atoms with E-state index in [1.165, 1.54) is 33.7 Å². The Balaban J connectivity index is 1.66. The second kappa shape index (κ2) is 9.63. The number of nitrogens with zero attached hydrogens (tertiary/aromatic N) is 4. The van der Waals surface area contributed by atoms with Gasteiger partial charge in [-0.25, -0.2) is 17.2 Å². The molecule has 2 aliphatic rings. The molecule has 1 aromatic carbocycles. The van der Waals surface area contributed by atoms with Gasteiger partial charge in [0.25, 0.3) is 0 Å². The number of amides is 1. The average molecular weight is 503 g/mol. The van der Waals surface area contributed by atoms with Gasteiger partial charge in [0, 0.05) is 56.0 Å². The first-order valence-electron chi connectivity index (χ1n) is 11.7. The second-order valence-corrected chi connectivity index (χ2v) is 11.2. The summed E-state index contributed by atoms with van der Waals surface area (Å²) in [6.45, 7) is 2.01. The van der Waals surface area contributed by atoms with Gasteiger partial charge in [-0.05, 0) is 50.8 Å². The summed E-state index contributed by atoms with van der Waals surface area (Å²) in [5, 5.41) is 9.55. The topological polar surface area (TPSA) is 94.4 Å². The van der Waals surface area contributed by atoms with Gasteiger partial charge in [0.1, 0.15) is 6.04 Å². The van der Waals surface area contributed by atoms with E-state index in [0.29, 0.717) is 29.5 Å². The molecule has 1 amide bonds. The number of aromatic nitrogens is 1. The number of carbonyl (C=O) groups excluding carboxylic acids is 1. The monoisotopic (exact) mass is 502 g/mol. The van der Waals surface area contributed by atoms with Crippen LogP contribution in [0.15, 0.2) is 41.6 Å². The summed E-state index contributed by atoms with van der Waals surface area (Å²) in [4.78, 5) is 18.9. The highest BCUT2D eigenvalue weighted by atomic mass is 32.2. The molecule has 0 N–H and O–H groups in total. The normalized spacial score (nSPS) is 20.9. The van der Waals surface area contributed by atoms with Gasteiger partial charge < -0.3 is 4.90 Å². The third kappa shape index (κ3) is 4.93. The van der Waals surface area contributed by atoms with Crippen LogP contribution in [0.4, 0.5) is 8.78 Å². The molecule has 0 bridgehead atoms. The van der Waals surface area contributed by atoms with Crippen LogP contribution in [-0.2, 0) is 14.8 Å². The Morgan fingerprint density at radius 1 is 1.20 bits per heavy atom. The first kappa shape index (κ1) is 25.2. The fourth-order valence-corrected chi connectivity index (χ4v) is 6.85. The molecule has 1 aromatic heterocycles. The smallest absolute Gasteiger partial charge is 0.248 e. The van der Waals surface area contributed by atoms with Gasteiger partial charge in [0.2, 0.25) is 21.9 Å². The predicted molar refractivity (Wildman–Crippen MR) is 126 cm³/mol. The van der Waals surface area contributed by atoms with E-state index in [9.17, 15) is 27.3 Å². The summed E-state index contributed by atoms with van der Waals surface area (Å²) in [5.74, 6) is -3.08. The van der Waals surface area contributed by atoms with Gasteiger partial charge >= 0.3 is 0 Å². The minimum Gasteiger partial charge on any atom is -0.341 e. The molecule has 0 spiro atoms. The molecular formula is C25H28F2N4O3S. The molecular weight excluding hydrogens is 474 g/mol. The van der Waals surface area contributed by atoms with Gasteiger partial charge in [-0.1, -0.05) is 11.6 Å². The number of rotatable bonds is 5. The second-order valence-electron chi connectivity index (χ2n) is 9.34. The van der Waals surface area contributed by atoms with Crippen molar-refractivity contribution in [3.8, 4) is 17.2 Å². The van der Waals surface area contributed by atoms with E-state index < -0.39 is 22.0 Å². The van der Waals surface area contributed by atoms with Gasteiger partial charge in [0.15, 0.2) is 0 Å². The fourth-order valence-electron chi connectivity index (χ4n) is 5.01. The van der Waals surface area contributed by atoms with Crippen molar-refractivity contribution in [1.29, 1.82) is 5.26 Å². The minimum absolute atomic E-state index is 0.00672. The number of nitriles is 1. The maximum Gasteiger partial charge on any atom is 0.248 e. The van der Waals surface area contributed by atoms with Crippen LogP contribution >= 0.6 is 0 Å². The molecule has 4 rings (SSSR count). The maximum absolute atomic E-state index is 13.9. The molecule has 1 saturated heterocycles. The molecule has 2 aromatic rings. The molecule has 10 heteroatoms. The zero-order chi connectivity index (χ0) is 25.4. The van der Waals surface area contributed by atoms with Crippen molar-refractivity contribution in [3.05, 3.63) is 47.8 Å². The van der Waals surface area contributed by atoms with E-state index in [1.54, 1.807) is 19.2 Å². The van der Waals surface area contributed by atoms with E-state index in [0.717, 1.165) is 5.56 Å². The SMILES string of the molecule is Cc1ccc(S(=O)(=O)N2CCC[C@H]2C(=O)N(C)C2CCC(F)(F)CC2)c(-c2cnccc2C#N)c1. The zero-order valence-corrected chi connectivity index (χ0v) is 20.6. The third-order valence-corrected chi connectivity index (χ3v) is 8.99. The lowest BCUT2D eigenvalue weighted by molar-refractivity contribution is -0.138. The molecule has 2 fully saturated rings. The van der Waals surface area contributed by atoms with Gasteiger partial charge in [-0.3, -0.25) is 9.78 Å². The van der Waals surface area contributed by atoms with Crippen LogP contribution in [-0.4, -0.2) is 60.1 Å². The van der Waals surface area contributed by atoms with E-state index in [2.05, 4.69) is 11.1 Å². The van der Waals surface area contributed by atoms with E-state index in [-0.39, 0.29) is 49.1 Å². The molecule has 1 saturated carbocycles. The van der Waals surface area contributed by atoms with Gasteiger partial charge in [-0.15, -0.1) is 0 Å². The average Bonchev–Trinajstić information content (AvgIpc) is 3.34. The molecule has 35 heavy (non-hydrogen) atoms. The molecule has 2 heterocycles. The first-order chi connectivity index (χ1) is 16.5. The summed E-state index contributed by atoms with van der Waals surface area (Å²) in [5.41, 5.74) is 1.87. The highest BCUT2D eigenvalue weighted by molar-refractivity contribution is 7.89. The van der Waals surface area contributed by atoms with Crippen LogP contribution in [0.2, 0.25) is 0 Å². The van der Waals surface area contributed by atoms with E-state index >= 15 is 0 Å². The quantitative estimate of drug-likeness (QED) is 0.613. The largest absolute Gasteiger partial charge is 0.341 e. The lowest BCUT2D eigenvalue weighted by atomic mass is 9.91. The number of alkyl halides is 2. The molecule has 1 aliphatic carbocycles. The van der Waals surface area contributed by atoms with Crippen molar-refractivity contribution in [2.75, 3.05) is 13.6 Å². The Morgan fingerprint density at radius 3 is 2.60 bits per heavy atom. The number of hydrogen-bond acceptors (Lipinski definition) is 5. The summed E-state index contributed by atoms with van der Waals surface area (Å²) in [7, 11) is -2.53. The lowest BCUT2D eigenvalue weighted by Gasteiger charge is -2.37. The van der Waals surface area contributed by atoms with Crippen LogP contribution < -0.4 is 0 Å². The van der Waals surface area contributed by atoms with E-state index in [4.69, 9.17) is 0 Å². The van der Waals surface area contributed by atoms with Gasteiger partial charge in [-0.2, -0.15) is 9.57 Å². The van der Waals surface area contributed by atoms with E-state index in [1.807, 2.05) is 6.92 Å². The number of pyridine rings is 1. The number of halogens is 2. The standard InChI is InChI=1S/C25H28F2N4O3S/c1-17-5-6-23(20(14-17)21-16-29-12-9-18(21)15-28)35(33,34)31-13-3-4-22(31)24(32)30(2)19-7-10-25(26,27)11-8-19/h5-6,9,12,14,16,19,22H,3-4,7-8,10-11,13H2,1-2H3/t22-/m0/s1. The third-order valence-electron chi connectivity index (χ3n) is 7.02. The van der Waals surface area contributed by atoms with Crippen molar-refractivity contribution >= 4 is 15.9 Å². The number of benzene rings is 1. The molecule has 0 unspecified atom stereocenters. The Hall–Kier alpha value is -2.90. The molecule has 7 nitrogen and oxygen atoms in total. The molecule has 1 atom stereocenters. The summed E-state index contributed by atoms with van der Waals surface area (Å²) < 4.78 is 56.2. The highest BCUT2D eigenvalue weighted by Gasteiger charge is 2.44. The first-order valence-corrected chi connectivity index (χ1v) is 13.1. The van der Waals surface area contributed by atoms with Crippen LogP contribution in [0.1, 0.15) is 49.7 Å². The highest BCUT2D eigenvalue weighted by Crippen LogP contribution is 2.37. The number of sulfonamides is 1. The van der Waals surface area contributed by atoms with Crippen LogP contribution in [0.3, 0.4) is 0 Å². The number of likely N-dealkylation sites (N-methyl/N-ethyl adjacent to an activating group) is 1. The van der Waals surface area contributed by atoms with Crippen LogP contribution in [0, 0.1) is 18.3 Å². The molecule has 0 radical (unpaired) electrons. The van der Waals surface area contributed by atoms with Crippen molar-refractivity contribution in [2.45, 2.75) is 68.4 Å². The van der Waals surface area contributed by atoms with Crippen LogP contribution in [0.5, 0.6) is 0 Å². The van der Waals surface area contributed by atoms with Gasteiger partial charge in [0.05, 0.1) is 16.5 Å². The minimum atomic E-state index is -4.11. The van der Waals surface area contributed by atoms with Crippen molar-refractivity contribution in [3.63, 3.8) is 0 Å². The summed E-state index contributed by atoms with van der Waals surface area (Å²) in [6.07, 6.45) is 3.64. The Morgan fingerprint density at radius 2 is 1.91 bits per heavy atom. The number of aryl methyl sites for hydroxylation is 1. The lowest BCUT2D eigenvalue weighted by Crippen LogP contribution is -2.50. The van der Waals surface area contributed by atoms with Crippen molar-refractivity contribution in [2.24, 2.45) is 0 Å². The molecule has 186 valence electrons. The number of carbonyl (C=O) groups is 1. The molecule has 1 aliphatic heterocycles. The Labute approximate surface area is 204 Å². The maximum atomic E-state index is 13.9. The van der Waals surface area contributed by atoms with Crippen LogP contribution in [0.25, 0.3) is 11.1 Å². The van der Waals surface area contributed by atoms with Crippen molar-refractivity contribution < 1.29 is 22.0 Å². The van der Waals surface area contributed by atoms with Crippen molar-refractivity contribution in [1.82, 2.24) is 14.2 Å². The zero-order valence-electron chi connectivity index (χ0n) is 19.7. The predicted octanol–water partition coefficient (Wildman–Crippen LogP) is 4.12. The summed E-state index contributed by atoms with van der Waals surface area (Å²) >= 11 is 0. The Bertz CT molecular complexity index is 1270. The number of hydrogen-bond donors (Lipinski definition) is 0. The fraction of sp³-hybridized carbons (Fsp3) is 0.480.